The number of hydrogen-bond acceptors (Lipinski definition) is 3. The van der Waals surface area contributed by atoms with Gasteiger partial charge in [0, 0.05) is 44.8 Å². The van der Waals surface area contributed by atoms with E-state index in [0.717, 1.165) is 32.0 Å². The molecule has 1 aromatic rings. The molecular weight excluding hydrogens is 409 g/mol. The van der Waals surface area contributed by atoms with Crippen LogP contribution in [-0.2, 0) is 21.1 Å². The lowest BCUT2D eigenvalue weighted by atomic mass is 9.73. The number of nitrogens with one attached hydrogen (secondary N) is 2. The number of nitrogens with zero attached hydrogens (tertiary/aromatic N) is 2. The molecule has 0 spiro atoms. The maximum absolute atomic E-state index is 13.3. The first-order valence-corrected chi connectivity index (χ1v) is 10.9. The van der Waals surface area contributed by atoms with Gasteiger partial charge in [-0.15, -0.1) is 0 Å². The number of halogens is 3. The molecule has 2 saturated heterocycles. The molecule has 0 aliphatic carbocycles. The second-order valence-corrected chi connectivity index (χ2v) is 8.11. The molecule has 2 fully saturated rings. The molecule has 0 bridgehead atoms. The van der Waals surface area contributed by atoms with Crippen LogP contribution in [0.15, 0.2) is 29.3 Å². The lowest BCUT2D eigenvalue weighted by molar-refractivity contribution is -0.137. The Morgan fingerprint density at radius 2 is 1.90 bits per heavy atom. The predicted molar refractivity (Wildman–Crippen MR) is 113 cm³/mol. The van der Waals surface area contributed by atoms with Crippen LogP contribution in [0, 0.1) is 0 Å². The molecule has 1 aromatic carbocycles. The first-order valence-electron chi connectivity index (χ1n) is 10.9. The van der Waals surface area contributed by atoms with Gasteiger partial charge in [0.1, 0.15) is 6.54 Å². The van der Waals surface area contributed by atoms with E-state index in [4.69, 9.17) is 4.74 Å². The van der Waals surface area contributed by atoms with Crippen molar-refractivity contribution in [3.8, 4) is 0 Å². The summed E-state index contributed by atoms with van der Waals surface area (Å²) < 4.78 is 45.3. The van der Waals surface area contributed by atoms with Gasteiger partial charge >= 0.3 is 6.18 Å². The van der Waals surface area contributed by atoms with E-state index in [1.165, 1.54) is 12.1 Å². The van der Waals surface area contributed by atoms with Crippen LogP contribution in [0.3, 0.4) is 0 Å². The molecule has 0 atom stereocenters. The molecule has 0 unspecified atom stereocenters. The average Bonchev–Trinajstić information content (AvgIpc) is 3.31. The van der Waals surface area contributed by atoms with Crippen LogP contribution >= 0.6 is 0 Å². The van der Waals surface area contributed by atoms with Gasteiger partial charge in [-0.25, -0.2) is 4.99 Å². The van der Waals surface area contributed by atoms with Crippen molar-refractivity contribution in [1.29, 1.82) is 0 Å². The molecule has 2 aliphatic heterocycles. The Bertz CT molecular complexity index is 770. The van der Waals surface area contributed by atoms with Crippen LogP contribution in [-0.4, -0.2) is 62.7 Å². The second-order valence-electron chi connectivity index (χ2n) is 8.11. The highest BCUT2D eigenvalue weighted by Crippen LogP contribution is 2.37. The molecule has 9 heteroatoms. The Labute approximate surface area is 181 Å². The molecule has 0 saturated carbocycles. The number of carbonyl (C=O) groups excluding carboxylic acids is 1. The smallest absolute Gasteiger partial charge is 0.381 e. The fourth-order valence-corrected chi connectivity index (χ4v) is 4.16. The number of benzene rings is 1. The van der Waals surface area contributed by atoms with Crippen molar-refractivity contribution in [3.05, 3.63) is 35.4 Å². The Kier molecular flexibility index (Phi) is 7.80. The van der Waals surface area contributed by atoms with Gasteiger partial charge in [0.25, 0.3) is 0 Å². The maximum atomic E-state index is 13.3. The van der Waals surface area contributed by atoms with Gasteiger partial charge in [-0.3, -0.25) is 4.79 Å². The Morgan fingerprint density at radius 3 is 2.55 bits per heavy atom. The zero-order valence-corrected chi connectivity index (χ0v) is 17.9. The zero-order valence-electron chi connectivity index (χ0n) is 17.9. The van der Waals surface area contributed by atoms with Crippen molar-refractivity contribution in [3.63, 3.8) is 0 Å². The highest BCUT2D eigenvalue weighted by Gasteiger charge is 2.37. The molecule has 0 aromatic heterocycles. The second kappa shape index (κ2) is 10.3. The summed E-state index contributed by atoms with van der Waals surface area (Å²) in [5.74, 6) is 0.487. The van der Waals surface area contributed by atoms with Gasteiger partial charge in [-0.1, -0.05) is 18.2 Å². The number of hydrogen-bond donors (Lipinski definition) is 2. The summed E-state index contributed by atoms with van der Waals surface area (Å²) in [6.07, 6.45) is -1.13. The number of guanidine groups is 1. The van der Waals surface area contributed by atoms with Crippen molar-refractivity contribution < 1.29 is 22.7 Å². The van der Waals surface area contributed by atoms with Crippen LogP contribution in [0.2, 0.25) is 0 Å². The Balaban J connectivity index is 1.74. The highest BCUT2D eigenvalue weighted by molar-refractivity contribution is 5.85. The average molecular weight is 441 g/mol. The molecule has 2 heterocycles. The summed E-state index contributed by atoms with van der Waals surface area (Å²) in [6, 6.07) is 5.56. The number of ether oxygens (including phenoxy) is 1. The number of rotatable bonds is 6. The van der Waals surface area contributed by atoms with Crippen LogP contribution in [0.1, 0.15) is 43.7 Å². The normalized spacial score (nSPS) is 19.4. The quantitative estimate of drug-likeness (QED) is 0.527. The maximum Gasteiger partial charge on any atom is 0.416 e. The summed E-state index contributed by atoms with van der Waals surface area (Å²) in [5.41, 5.74) is -0.510. The first kappa shape index (κ1) is 23.4. The van der Waals surface area contributed by atoms with E-state index >= 15 is 0 Å². The van der Waals surface area contributed by atoms with Crippen molar-refractivity contribution >= 4 is 11.9 Å². The van der Waals surface area contributed by atoms with Gasteiger partial charge in [0.05, 0.1) is 5.56 Å². The minimum Gasteiger partial charge on any atom is -0.381 e. The van der Waals surface area contributed by atoms with E-state index < -0.39 is 17.2 Å². The van der Waals surface area contributed by atoms with E-state index in [-0.39, 0.29) is 12.5 Å². The summed E-state index contributed by atoms with van der Waals surface area (Å²) in [5, 5.41) is 6.39. The molecule has 2 N–H and O–H groups in total. The topological polar surface area (TPSA) is 66.0 Å². The minimum atomic E-state index is -4.39. The molecule has 6 nitrogen and oxygen atoms in total. The Hall–Kier alpha value is -2.29. The minimum absolute atomic E-state index is 0.00615. The van der Waals surface area contributed by atoms with E-state index in [1.54, 1.807) is 6.07 Å². The lowest BCUT2D eigenvalue weighted by Crippen LogP contribution is -2.48. The standard InChI is InChI=1S/C22H31F3N4O2/c1-2-26-20(27-15-19(30)29-10-3-4-11-29)28-16-21(8-12-31-13-9-21)17-6-5-7-18(14-17)22(23,24)25/h5-7,14H,2-4,8-13,15-16H2,1H3,(H2,26,27,28). The molecular formula is C22H31F3N4O2. The van der Waals surface area contributed by atoms with Gasteiger partial charge in [-0.05, 0) is 44.2 Å². The third-order valence-corrected chi connectivity index (χ3v) is 6.02. The van der Waals surface area contributed by atoms with Crippen LogP contribution in [0.4, 0.5) is 13.2 Å². The van der Waals surface area contributed by atoms with Crippen molar-refractivity contribution in [1.82, 2.24) is 15.5 Å². The number of alkyl halides is 3. The van der Waals surface area contributed by atoms with Crippen LogP contribution < -0.4 is 10.6 Å². The molecule has 172 valence electrons. The van der Waals surface area contributed by atoms with E-state index in [0.29, 0.717) is 50.7 Å². The zero-order chi connectivity index (χ0) is 22.3. The molecule has 2 aliphatic rings. The lowest BCUT2D eigenvalue weighted by Gasteiger charge is -2.38. The van der Waals surface area contributed by atoms with Crippen molar-refractivity contribution in [2.45, 2.75) is 44.2 Å². The predicted octanol–water partition coefficient (Wildman–Crippen LogP) is 2.93. The number of amides is 1. The SMILES string of the molecule is CCNC(=NCC(=O)N1CCCC1)NCC1(c2cccc(C(F)(F)F)c2)CCOCC1. The summed E-state index contributed by atoms with van der Waals surface area (Å²) in [6.45, 7) is 5.52. The molecule has 31 heavy (non-hydrogen) atoms. The summed E-state index contributed by atoms with van der Waals surface area (Å²) >= 11 is 0. The number of likely N-dealkylation sites (tertiary alicyclic amines) is 1. The summed E-state index contributed by atoms with van der Waals surface area (Å²) in [4.78, 5) is 18.5. The van der Waals surface area contributed by atoms with Crippen LogP contribution in [0.5, 0.6) is 0 Å². The van der Waals surface area contributed by atoms with Crippen LogP contribution in [0.25, 0.3) is 0 Å². The summed E-state index contributed by atoms with van der Waals surface area (Å²) in [7, 11) is 0. The van der Waals surface area contributed by atoms with E-state index in [9.17, 15) is 18.0 Å². The highest BCUT2D eigenvalue weighted by atomic mass is 19.4. The van der Waals surface area contributed by atoms with Gasteiger partial charge in [0.2, 0.25) is 5.91 Å². The molecule has 1 amide bonds. The van der Waals surface area contributed by atoms with Gasteiger partial charge < -0.3 is 20.3 Å². The fraction of sp³-hybridized carbons (Fsp3) is 0.636. The number of aliphatic imine (C=N–C) groups is 1. The van der Waals surface area contributed by atoms with Gasteiger partial charge in [0.15, 0.2) is 5.96 Å². The third kappa shape index (κ3) is 6.12. The van der Waals surface area contributed by atoms with E-state index in [1.807, 2.05) is 11.8 Å². The fourth-order valence-electron chi connectivity index (χ4n) is 4.16. The Morgan fingerprint density at radius 1 is 1.19 bits per heavy atom. The number of carbonyl (C=O) groups is 1. The van der Waals surface area contributed by atoms with Crippen molar-refractivity contribution in [2.75, 3.05) is 45.9 Å². The van der Waals surface area contributed by atoms with Crippen molar-refractivity contribution in [2.24, 2.45) is 4.99 Å². The molecule has 3 rings (SSSR count). The van der Waals surface area contributed by atoms with Gasteiger partial charge in [-0.2, -0.15) is 13.2 Å². The van der Waals surface area contributed by atoms with E-state index in [2.05, 4.69) is 15.6 Å². The molecule has 0 radical (unpaired) electrons. The largest absolute Gasteiger partial charge is 0.416 e. The monoisotopic (exact) mass is 440 g/mol. The third-order valence-electron chi connectivity index (χ3n) is 6.02. The first-order chi connectivity index (χ1) is 14.8.